The van der Waals surface area contributed by atoms with Gasteiger partial charge < -0.3 is 10.2 Å². The van der Waals surface area contributed by atoms with Crippen molar-refractivity contribution in [2.75, 3.05) is 13.6 Å². The highest BCUT2D eigenvalue weighted by atomic mass is 79.9. The van der Waals surface area contributed by atoms with E-state index in [1.165, 1.54) is 5.56 Å². The van der Waals surface area contributed by atoms with Crippen molar-refractivity contribution in [3.8, 4) is 0 Å². The van der Waals surface area contributed by atoms with Crippen LogP contribution in [0.1, 0.15) is 24.1 Å². The second-order valence-corrected chi connectivity index (χ2v) is 7.04. The lowest BCUT2D eigenvalue weighted by Gasteiger charge is -2.18. The number of quaternary nitrogens is 1. The highest BCUT2D eigenvalue weighted by Gasteiger charge is 2.15. The summed E-state index contributed by atoms with van der Waals surface area (Å²) in [5.41, 5.74) is 2.25. The number of carbonyl (C=O) groups is 1. The molecule has 23 heavy (non-hydrogen) atoms. The fourth-order valence-electron chi connectivity index (χ4n) is 2.48. The van der Waals surface area contributed by atoms with Gasteiger partial charge in [0, 0.05) is 15.1 Å². The van der Waals surface area contributed by atoms with E-state index in [0.717, 1.165) is 26.5 Å². The molecule has 0 aromatic heterocycles. The largest absolute Gasteiger partial charge is 0.345 e. The van der Waals surface area contributed by atoms with Gasteiger partial charge in [0.15, 0.2) is 6.54 Å². The lowest BCUT2D eigenvalue weighted by Crippen LogP contribution is -3.08. The zero-order chi connectivity index (χ0) is 16.8. The van der Waals surface area contributed by atoms with Crippen LogP contribution < -0.4 is 10.2 Å². The van der Waals surface area contributed by atoms with Crippen LogP contribution in [0.5, 0.6) is 0 Å². The lowest BCUT2D eigenvalue weighted by molar-refractivity contribution is -0.885. The molecule has 2 aromatic rings. The highest BCUT2D eigenvalue weighted by molar-refractivity contribution is 9.10. The smallest absolute Gasteiger partial charge is 0.275 e. The van der Waals surface area contributed by atoms with Crippen LogP contribution >= 0.6 is 27.5 Å². The molecule has 0 saturated carbocycles. The molecule has 0 aliphatic rings. The summed E-state index contributed by atoms with van der Waals surface area (Å²) in [5.74, 6) is 0.0414. The Labute approximate surface area is 150 Å². The summed E-state index contributed by atoms with van der Waals surface area (Å²) in [5, 5.41) is 3.78. The van der Waals surface area contributed by atoms with Crippen LogP contribution in [0.2, 0.25) is 5.02 Å². The van der Waals surface area contributed by atoms with E-state index in [2.05, 4.69) is 21.2 Å². The summed E-state index contributed by atoms with van der Waals surface area (Å²) in [4.78, 5) is 13.4. The average Bonchev–Trinajstić information content (AvgIpc) is 2.49. The third-order valence-corrected chi connectivity index (χ3v) is 4.60. The molecule has 2 aromatic carbocycles. The number of nitrogens with one attached hydrogen (secondary N) is 2. The third kappa shape index (κ3) is 5.65. The second kappa shape index (κ2) is 8.48. The summed E-state index contributed by atoms with van der Waals surface area (Å²) in [6.07, 6.45) is 0. The standard InChI is InChI=1S/C18H20BrClN2O/c1-13(16-5-3-4-6-17(16)19)21-18(23)12-22(2)11-14-7-9-15(20)10-8-14/h3-10,13H,11-12H2,1-2H3,(H,21,23)/p+1/t13-/m0/s1. The van der Waals surface area contributed by atoms with Crippen LogP contribution in [0.4, 0.5) is 0 Å². The second-order valence-electron chi connectivity index (χ2n) is 5.75. The van der Waals surface area contributed by atoms with Crippen molar-refractivity contribution in [2.45, 2.75) is 19.5 Å². The van der Waals surface area contributed by atoms with E-state index < -0.39 is 0 Å². The van der Waals surface area contributed by atoms with Gasteiger partial charge >= 0.3 is 0 Å². The van der Waals surface area contributed by atoms with E-state index in [1.54, 1.807) is 0 Å². The van der Waals surface area contributed by atoms with Gasteiger partial charge in [-0.3, -0.25) is 4.79 Å². The number of carbonyl (C=O) groups excluding carboxylic acids is 1. The van der Waals surface area contributed by atoms with Crippen molar-refractivity contribution in [1.29, 1.82) is 0 Å². The molecule has 0 radical (unpaired) electrons. The topological polar surface area (TPSA) is 33.5 Å². The minimum absolute atomic E-state index is 0.0265. The predicted molar refractivity (Wildman–Crippen MR) is 97.6 cm³/mol. The molecular weight excluding hydrogens is 376 g/mol. The third-order valence-electron chi connectivity index (χ3n) is 3.63. The minimum atomic E-state index is -0.0265. The van der Waals surface area contributed by atoms with Crippen molar-refractivity contribution >= 4 is 33.4 Å². The Morgan fingerprint density at radius 1 is 1.22 bits per heavy atom. The molecule has 0 saturated heterocycles. The normalized spacial score (nSPS) is 13.4. The van der Waals surface area contributed by atoms with Gasteiger partial charge in [0.1, 0.15) is 6.54 Å². The van der Waals surface area contributed by atoms with Crippen LogP contribution in [0.3, 0.4) is 0 Å². The molecule has 0 aliphatic heterocycles. The molecule has 0 fully saturated rings. The Kier molecular flexibility index (Phi) is 6.63. The van der Waals surface area contributed by atoms with Gasteiger partial charge in [0.05, 0.1) is 13.1 Å². The first kappa shape index (κ1) is 18.0. The molecule has 5 heteroatoms. The molecule has 0 spiro atoms. The van der Waals surface area contributed by atoms with Gasteiger partial charge in [-0.1, -0.05) is 57.9 Å². The highest BCUT2D eigenvalue weighted by Crippen LogP contribution is 2.22. The molecule has 3 nitrogen and oxygen atoms in total. The van der Waals surface area contributed by atoms with Gasteiger partial charge in [-0.15, -0.1) is 0 Å². The number of hydrogen-bond acceptors (Lipinski definition) is 1. The van der Waals surface area contributed by atoms with Gasteiger partial charge in [-0.25, -0.2) is 0 Å². The first-order chi connectivity index (χ1) is 11.0. The minimum Gasteiger partial charge on any atom is -0.345 e. The number of amides is 1. The van der Waals surface area contributed by atoms with Crippen LogP contribution in [-0.4, -0.2) is 19.5 Å². The molecular formula is C18H21BrClN2O+. The maximum Gasteiger partial charge on any atom is 0.275 e. The molecule has 0 heterocycles. The average molecular weight is 397 g/mol. The Morgan fingerprint density at radius 2 is 1.87 bits per heavy atom. The molecule has 122 valence electrons. The van der Waals surface area contributed by atoms with Crippen molar-refractivity contribution in [1.82, 2.24) is 5.32 Å². The van der Waals surface area contributed by atoms with Crippen LogP contribution in [-0.2, 0) is 11.3 Å². The van der Waals surface area contributed by atoms with Gasteiger partial charge in [-0.05, 0) is 30.7 Å². The molecule has 2 N–H and O–H groups in total. The maximum atomic E-state index is 12.2. The van der Waals surface area contributed by atoms with Gasteiger partial charge in [-0.2, -0.15) is 0 Å². The van der Waals surface area contributed by atoms with E-state index in [1.807, 2.05) is 62.5 Å². The summed E-state index contributed by atoms with van der Waals surface area (Å²) >= 11 is 9.41. The Bertz CT molecular complexity index is 660. The number of likely N-dealkylation sites (N-methyl/N-ethyl adjacent to an activating group) is 1. The Balaban J connectivity index is 1.86. The molecule has 1 unspecified atom stereocenters. The SMILES string of the molecule is C[C@H](NC(=O)C[NH+](C)Cc1ccc(Cl)cc1)c1ccccc1Br. The van der Waals surface area contributed by atoms with Crippen LogP contribution in [0.15, 0.2) is 53.0 Å². The zero-order valence-electron chi connectivity index (χ0n) is 13.3. The van der Waals surface area contributed by atoms with Crippen molar-refractivity contribution in [3.05, 3.63) is 69.2 Å². The maximum absolute atomic E-state index is 12.2. The van der Waals surface area contributed by atoms with Crippen LogP contribution in [0, 0.1) is 0 Å². The predicted octanol–water partition coefficient (Wildman–Crippen LogP) is 2.99. The first-order valence-corrected chi connectivity index (χ1v) is 8.72. The van der Waals surface area contributed by atoms with Crippen molar-refractivity contribution in [3.63, 3.8) is 0 Å². The molecule has 2 atom stereocenters. The summed E-state index contributed by atoms with van der Waals surface area (Å²) < 4.78 is 1.01. The van der Waals surface area contributed by atoms with E-state index >= 15 is 0 Å². The number of hydrogen-bond donors (Lipinski definition) is 2. The summed E-state index contributed by atoms with van der Waals surface area (Å²) in [7, 11) is 2.01. The Morgan fingerprint density at radius 3 is 2.52 bits per heavy atom. The molecule has 0 bridgehead atoms. The van der Waals surface area contributed by atoms with Gasteiger partial charge in [0.2, 0.25) is 0 Å². The fraction of sp³-hybridized carbons (Fsp3) is 0.278. The number of benzene rings is 2. The summed E-state index contributed by atoms with van der Waals surface area (Å²) in [6, 6.07) is 15.6. The van der Waals surface area contributed by atoms with Gasteiger partial charge in [0.25, 0.3) is 5.91 Å². The van der Waals surface area contributed by atoms with E-state index in [0.29, 0.717) is 6.54 Å². The molecule has 0 aliphatic carbocycles. The number of rotatable bonds is 6. The van der Waals surface area contributed by atoms with E-state index in [4.69, 9.17) is 11.6 Å². The fourth-order valence-corrected chi connectivity index (χ4v) is 3.24. The molecule has 2 rings (SSSR count). The first-order valence-electron chi connectivity index (χ1n) is 7.55. The van der Waals surface area contributed by atoms with Crippen molar-refractivity contribution in [2.24, 2.45) is 0 Å². The van der Waals surface area contributed by atoms with E-state index in [-0.39, 0.29) is 11.9 Å². The van der Waals surface area contributed by atoms with Crippen LogP contribution in [0.25, 0.3) is 0 Å². The zero-order valence-corrected chi connectivity index (χ0v) is 15.6. The van der Waals surface area contributed by atoms with E-state index in [9.17, 15) is 4.79 Å². The van der Waals surface area contributed by atoms with Crippen molar-refractivity contribution < 1.29 is 9.69 Å². The molecule has 1 amide bonds. The summed E-state index contributed by atoms with van der Waals surface area (Å²) in [6.45, 7) is 3.21. The quantitative estimate of drug-likeness (QED) is 0.773. The number of halogens is 2. The Hall–Kier alpha value is -1.36. The monoisotopic (exact) mass is 395 g/mol. The lowest BCUT2D eigenvalue weighted by atomic mass is 10.1.